The van der Waals surface area contributed by atoms with Crippen LogP contribution < -0.4 is 4.74 Å². The summed E-state index contributed by atoms with van der Waals surface area (Å²) in [5.74, 6) is 0.513. The summed E-state index contributed by atoms with van der Waals surface area (Å²) in [6.45, 7) is 1.74. The quantitative estimate of drug-likeness (QED) is 0.682. The first-order chi connectivity index (χ1) is 9.60. The minimum atomic E-state index is -0.383. The molecule has 5 nitrogen and oxygen atoms in total. The molecule has 0 aliphatic heterocycles. The highest BCUT2D eigenvalue weighted by Gasteiger charge is 2.14. The lowest BCUT2D eigenvalue weighted by molar-refractivity contribution is 0.408. The van der Waals surface area contributed by atoms with E-state index in [0.717, 1.165) is 0 Å². The molecule has 0 saturated heterocycles. The average Bonchev–Trinajstić information content (AvgIpc) is 2.82. The van der Waals surface area contributed by atoms with Crippen molar-refractivity contribution >= 4 is 22.6 Å². The largest absolute Gasteiger partial charge is 0.494 e. The normalized spacial score (nSPS) is 11.0. The monoisotopic (exact) mass is 292 g/mol. The molecule has 0 amide bonds. The second-order valence-corrected chi connectivity index (χ2v) is 4.53. The van der Waals surface area contributed by atoms with E-state index in [1.807, 2.05) is 0 Å². The van der Waals surface area contributed by atoms with Crippen LogP contribution in [-0.4, -0.2) is 26.9 Å². The van der Waals surface area contributed by atoms with E-state index in [2.05, 4.69) is 15.1 Å². The van der Waals surface area contributed by atoms with Crippen LogP contribution in [0, 0.1) is 12.7 Å². The maximum absolute atomic E-state index is 13.3. The number of ether oxygens (including phenoxy) is 1. The van der Waals surface area contributed by atoms with Gasteiger partial charge in [0.2, 0.25) is 0 Å². The Hall–Kier alpha value is -2.21. The van der Waals surface area contributed by atoms with E-state index >= 15 is 0 Å². The molecule has 2 heterocycles. The number of methoxy groups -OCH3 is 1. The summed E-state index contributed by atoms with van der Waals surface area (Å²) in [5, 5.41) is 5.19. The Kier molecular flexibility index (Phi) is 3.02. The highest BCUT2D eigenvalue weighted by molar-refractivity contribution is 6.33. The lowest BCUT2D eigenvalue weighted by Crippen LogP contribution is -2.02. The van der Waals surface area contributed by atoms with Crippen molar-refractivity contribution in [3.63, 3.8) is 0 Å². The zero-order valence-electron chi connectivity index (χ0n) is 10.8. The van der Waals surface area contributed by atoms with Crippen LogP contribution in [0.4, 0.5) is 4.39 Å². The number of hydrogen-bond acceptors (Lipinski definition) is 4. The van der Waals surface area contributed by atoms with Gasteiger partial charge in [-0.3, -0.25) is 0 Å². The predicted octanol–water partition coefficient (Wildman–Crippen LogP) is 2.93. The van der Waals surface area contributed by atoms with Gasteiger partial charge in [0.1, 0.15) is 28.2 Å². The van der Waals surface area contributed by atoms with Gasteiger partial charge in [0, 0.05) is 6.07 Å². The maximum Gasteiger partial charge on any atom is 0.168 e. The van der Waals surface area contributed by atoms with Crippen molar-refractivity contribution in [3.05, 3.63) is 41.2 Å². The fourth-order valence-corrected chi connectivity index (χ4v) is 2.23. The number of aromatic nitrogens is 4. The van der Waals surface area contributed by atoms with Crippen LogP contribution in [0.3, 0.4) is 0 Å². The van der Waals surface area contributed by atoms with Gasteiger partial charge in [-0.1, -0.05) is 11.6 Å². The molecule has 20 heavy (non-hydrogen) atoms. The molecule has 0 unspecified atom stereocenters. The molecule has 0 saturated carbocycles. The van der Waals surface area contributed by atoms with E-state index in [0.29, 0.717) is 33.4 Å². The Morgan fingerprint density at radius 3 is 2.85 bits per heavy atom. The van der Waals surface area contributed by atoms with Crippen LogP contribution in [0.2, 0.25) is 5.15 Å². The van der Waals surface area contributed by atoms with Gasteiger partial charge in [0.25, 0.3) is 0 Å². The summed E-state index contributed by atoms with van der Waals surface area (Å²) < 4.78 is 20.0. The van der Waals surface area contributed by atoms with E-state index in [-0.39, 0.29) is 5.82 Å². The van der Waals surface area contributed by atoms with Crippen molar-refractivity contribution in [3.8, 4) is 11.4 Å². The number of rotatable bonds is 2. The van der Waals surface area contributed by atoms with E-state index in [1.54, 1.807) is 23.9 Å². The molecule has 3 aromatic rings. The van der Waals surface area contributed by atoms with Gasteiger partial charge in [-0.25, -0.2) is 19.0 Å². The molecule has 0 N–H and O–H groups in total. The van der Waals surface area contributed by atoms with Crippen LogP contribution in [0.5, 0.6) is 5.75 Å². The summed E-state index contributed by atoms with van der Waals surface area (Å²) >= 11 is 6.07. The molecule has 0 fully saturated rings. The van der Waals surface area contributed by atoms with Crippen LogP contribution in [-0.2, 0) is 0 Å². The van der Waals surface area contributed by atoms with Crippen molar-refractivity contribution in [2.24, 2.45) is 0 Å². The van der Waals surface area contributed by atoms with Crippen LogP contribution in [0.25, 0.3) is 16.7 Å². The van der Waals surface area contributed by atoms with Gasteiger partial charge in [0.15, 0.2) is 5.65 Å². The van der Waals surface area contributed by atoms with Crippen molar-refractivity contribution in [2.45, 2.75) is 6.92 Å². The molecular weight excluding hydrogens is 283 g/mol. The predicted molar refractivity (Wildman–Crippen MR) is 72.9 cm³/mol. The second-order valence-electron chi connectivity index (χ2n) is 4.17. The van der Waals surface area contributed by atoms with Crippen LogP contribution in [0.1, 0.15) is 5.82 Å². The molecule has 7 heteroatoms. The fraction of sp³-hybridized carbons (Fsp3) is 0.154. The van der Waals surface area contributed by atoms with Crippen LogP contribution in [0.15, 0.2) is 24.4 Å². The Labute approximate surface area is 119 Å². The number of nitrogens with zero attached hydrogens (tertiary/aromatic N) is 4. The molecule has 1 aromatic carbocycles. The Bertz CT molecular complexity index is 802. The Morgan fingerprint density at radius 2 is 2.10 bits per heavy atom. The van der Waals surface area contributed by atoms with Gasteiger partial charge in [-0.2, -0.15) is 5.10 Å². The zero-order chi connectivity index (χ0) is 14.3. The minimum Gasteiger partial charge on any atom is -0.494 e. The molecule has 3 rings (SSSR count). The third-order valence-corrected chi connectivity index (χ3v) is 3.15. The number of fused-ring (bicyclic) bond motifs is 1. The van der Waals surface area contributed by atoms with E-state index < -0.39 is 0 Å². The molecule has 0 radical (unpaired) electrons. The average molecular weight is 293 g/mol. The topological polar surface area (TPSA) is 52.8 Å². The molecule has 0 spiro atoms. The first-order valence-corrected chi connectivity index (χ1v) is 6.19. The second kappa shape index (κ2) is 4.72. The zero-order valence-corrected chi connectivity index (χ0v) is 11.5. The first kappa shape index (κ1) is 12.8. The SMILES string of the molecule is COc1cc(F)ccc1-n1ncc2c(Cl)nc(C)nc21. The number of benzene rings is 1. The van der Waals surface area contributed by atoms with E-state index in [9.17, 15) is 4.39 Å². The highest BCUT2D eigenvalue weighted by Crippen LogP contribution is 2.28. The van der Waals surface area contributed by atoms with Crippen molar-refractivity contribution < 1.29 is 9.13 Å². The molecule has 0 aliphatic carbocycles. The Morgan fingerprint density at radius 1 is 1.30 bits per heavy atom. The number of hydrogen-bond donors (Lipinski definition) is 0. The summed E-state index contributed by atoms with van der Waals surface area (Å²) in [6, 6.07) is 4.20. The van der Waals surface area contributed by atoms with Gasteiger partial charge < -0.3 is 4.74 Å². The summed E-state index contributed by atoms with van der Waals surface area (Å²) in [4.78, 5) is 8.40. The molecule has 0 aliphatic rings. The molecule has 2 aromatic heterocycles. The first-order valence-electron chi connectivity index (χ1n) is 5.82. The van der Waals surface area contributed by atoms with Crippen molar-refractivity contribution in [1.29, 1.82) is 0 Å². The van der Waals surface area contributed by atoms with Gasteiger partial charge in [-0.05, 0) is 19.1 Å². The van der Waals surface area contributed by atoms with Crippen LogP contribution >= 0.6 is 11.6 Å². The van der Waals surface area contributed by atoms with Crippen molar-refractivity contribution in [1.82, 2.24) is 19.7 Å². The van der Waals surface area contributed by atoms with E-state index in [1.165, 1.54) is 19.2 Å². The van der Waals surface area contributed by atoms with E-state index in [4.69, 9.17) is 16.3 Å². The minimum absolute atomic E-state index is 0.333. The number of halogens is 2. The van der Waals surface area contributed by atoms with Crippen molar-refractivity contribution in [2.75, 3.05) is 7.11 Å². The Balaban J connectivity index is 2.30. The lowest BCUT2D eigenvalue weighted by atomic mass is 10.3. The summed E-state index contributed by atoms with van der Waals surface area (Å²) in [7, 11) is 1.47. The summed E-state index contributed by atoms with van der Waals surface area (Å²) in [6.07, 6.45) is 1.57. The molecular formula is C13H10ClFN4O. The van der Waals surface area contributed by atoms with Gasteiger partial charge >= 0.3 is 0 Å². The van der Waals surface area contributed by atoms with Gasteiger partial charge in [-0.15, -0.1) is 0 Å². The molecule has 0 atom stereocenters. The third-order valence-electron chi connectivity index (χ3n) is 2.86. The maximum atomic E-state index is 13.3. The smallest absolute Gasteiger partial charge is 0.168 e. The van der Waals surface area contributed by atoms with Gasteiger partial charge in [0.05, 0.1) is 18.7 Å². The standard InChI is InChI=1S/C13H10ClFN4O/c1-7-17-12(14)9-6-16-19(13(9)18-7)10-4-3-8(15)5-11(10)20-2/h3-6H,1-2H3. The molecule has 0 bridgehead atoms. The molecule has 102 valence electrons. The summed E-state index contributed by atoms with van der Waals surface area (Å²) in [5.41, 5.74) is 1.13. The fourth-order valence-electron chi connectivity index (χ4n) is 1.98. The third kappa shape index (κ3) is 1.98. The highest BCUT2D eigenvalue weighted by atomic mass is 35.5. The number of aryl methyl sites for hydroxylation is 1. The lowest BCUT2D eigenvalue weighted by Gasteiger charge is -2.09.